The van der Waals surface area contributed by atoms with Gasteiger partial charge in [-0.25, -0.2) is 4.79 Å². The van der Waals surface area contributed by atoms with Crippen LogP contribution in [-0.4, -0.2) is 60.8 Å². The predicted octanol–water partition coefficient (Wildman–Crippen LogP) is 1.75. The molecular weight excluding hydrogens is 334 g/mol. The number of nitrogens with one attached hydrogen (secondary N) is 1. The number of likely N-dealkylation sites (tertiary alicyclic amines) is 1. The summed E-state index contributed by atoms with van der Waals surface area (Å²) < 4.78 is 5.22. The standard InChI is InChI=1S/C19H27N3O4/c1-26-17-7-4-6-16(12-17)22-13-14(11-18(22)24)20-19(25)21-9-3-2-5-15(21)8-10-23/h4,6-7,12,14-15,23H,2-3,5,8-11,13H2,1H3,(H,20,25)/t14-,15-/m0/s1. The minimum atomic E-state index is -0.210. The van der Waals surface area contributed by atoms with E-state index in [1.807, 2.05) is 29.2 Å². The number of hydrogen-bond acceptors (Lipinski definition) is 4. The van der Waals surface area contributed by atoms with E-state index >= 15 is 0 Å². The van der Waals surface area contributed by atoms with E-state index in [0.29, 0.717) is 31.7 Å². The Morgan fingerprint density at radius 1 is 1.38 bits per heavy atom. The van der Waals surface area contributed by atoms with Gasteiger partial charge in [-0.05, 0) is 37.8 Å². The molecule has 3 amide bonds. The van der Waals surface area contributed by atoms with Gasteiger partial charge in [0.2, 0.25) is 5.91 Å². The van der Waals surface area contributed by atoms with Crippen LogP contribution in [0.4, 0.5) is 10.5 Å². The van der Waals surface area contributed by atoms with E-state index < -0.39 is 0 Å². The number of aliphatic hydroxyl groups is 1. The van der Waals surface area contributed by atoms with Crippen molar-refractivity contribution in [1.82, 2.24) is 10.2 Å². The van der Waals surface area contributed by atoms with Crippen molar-refractivity contribution in [1.29, 1.82) is 0 Å². The minimum Gasteiger partial charge on any atom is -0.497 e. The third-order valence-corrected chi connectivity index (χ3v) is 5.17. The average Bonchev–Trinajstić information content (AvgIpc) is 3.02. The molecule has 0 saturated carbocycles. The molecular formula is C19H27N3O4. The van der Waals surface area contributed by atoms with Crippen LogP contribution in [0.5, 0.6) is 5.75 Å². The van der Waals surface area contributed by atoms with Gasteiger partial charge in [0, 0.05) is 43.9 Å². The summed E-state index contributed by atoms with van der Waals surface area (Å²) in [6.07, 6.45) is 3.89. The van der Waals surface area contributed by atoms with Gasteiger partial charge in [-0.3, -0.25) is 4.79 Å². The van der Waals surface area contributed by atoms with Gasteiger partial charge in [-0.15, -0.1) is 0 Å². The SMILES string of the molecule is COc1cccc(N2C[C@@H](NC(=O)N3CCCC[C@H]3CCO)CC2=O)c1. The average molecular weight is 361 g/mol. The summed E-state index contributed by atoms with van der Waals surface area (Å²) in [6, 6.07) is 7.12. The third kappa shape index (κ3) is 4.09. The Morgan fingerprint density at radius 3 is 3.00 bits per heavy atom. The molecule has 0 radical (unpaired) electrons. The minimum absolute atomic E-state index is 0.00546. The summed E-state index contributed by atoms with van der Waals surface area (Å²) in [5, 5.41) is 12.2. The summed E-state index contributed by atoms with van der Waals surface area (Å²) in [4.78, 5) is 28.6. The number of benzene rings is 1. The molecule has 0 spiro atoms. The Labute approximate surface area is 153 Å². The molecule has 3 rings (SSSR count). The van der Waals surface area contributed by atoms with Crippen molar-refractivity contribution in [2.24, 2.45) is 0 Å². The number of aliphatic hydroxyl groups excluding tert-OH is 1. The van der Waals surface area contributed by atoms with Crippen molar-refractivity contribution in [3.63, 3.8) is 0 Å². The number of carbonyl (C=O) groups is 2. The monoisotopic (exact) mass is 361 g/mol. The van der Waals surface area contributed by atoms with Gasteiger partial charge in [-0.1, -0.05) is 6.07 Å². The molecule has 2 N–H and O–H groups in total. The number of methoxy groups -OCH3 is 1. The van der Waals surface area contributed by atoms with Crippen LogP contribution in [0.25, 0.3) is 0 Å². The number of hydrogen-bond donors (Lipinski definition) is 2. The highest BCUT2D eigenvalue weighted by molar-refractivity contribution is 5.97. The fourth-order valence-electron chi connectivity index (χ4n) is 3.81. The lowest BCUT2D eigenvalue weighted by Gasteiger charge is -2.36. The fraction of sp³-hybridized carbons (Fsp3) is 0.579. The summed E-state index contributed by atoms with van der Waals surface area (Å²) >= 11 is 0. The van der Waals surface area contributed by atoms with E-state index in [4.69, 9.17) is 4.74 Å². The second-order valence-corrected chi connectivity index (χ2v) is 6.91. The van der Waals surface area contributed by atoms with Crippen molar-refractivity contribution < 1.29 is 19.4 Å². The van der Waals surface area contributed by atoms with Gasteiger partial charge in [0.1, 0.15) is 5.75 Å². The van der Waals surface area contributed by atoms with Crippen LogP contribution in [0.15, 0.2) is 24.3 Å². The molecule has 2 heterocycles. The number of rotatable bonds is 5. The van der Waals surface area contributed by atoms with E-state index in [1.165, 1.54) is 0 Å². The Bertz CT molecular complexity index is 649. The second kappa shape index (κ2) is 8.40. The van der Waals surface area contributed by atoms with E-state index in [2.05, 4.69) is 5.32 Å². The first-order valence-electron chi connectivity index (χ1n) is 9.24. The molecule has 2 atom stereocenters. The first-order chi connectivity index (χ1) is 12.6. The lowest BCUT2D eigenvalue weighted by molar-refractivity contribution is -0.117. The summed E-state index contributed by atoms with van der Waals surface area (Å²) in [5.74, 6) is 0.692. The number of nitrogens with zero attached hydrogens (tertiary/aromatic N) is 2. The highest BCUT2D eigenvalue weighted by atomic mass is 16.5. The molecule has 0 unspecified atom stereocenters. The van der Waals surface area contributed by atoms with Crippen LogP contribution in [0, 0.1) is 0 Å². The van der Waals surface area contributed by atoms with Crippen molar-refractivity contribution in [2.75, 3.05) is 31.7 Å². The van der Waals surface area contributed by atoms with E-state index in [9.17, 15) is 14.7 Å². The quantitative estimate of drug-likeness (QED) is 0.837. The molecule has 1 aromatic rings. The molecule has 0 aromatic heterocycles. The van der Waals surface area contributed by atoms with E-state index in [-0.39, 0.29) is 30.6 Å². The first-order valence-corrected chi connectivity index (χ1v) is 9.24. The lowest BCUT2D eigenvalue weighted by atomic mass is 10.00. The maximum Gasteiger partial charge on any atom is 0.317 e. The van der Waals surface area contributed by atoms with Gasteiger partial charge in [0.05, 0.1) is 13.2 Å². The van der Waals surface area contributed by atoms with Crippen LogP contribution in [0.2, 0.25) is 0 Å². The smallest absolute Gasteiger partial charge is 0.317 e. The number of ether oxygens (including phenoxy) is 1. The molecule has 2 aliphatic heterocycles. The Kier molecular flexibility index (Phi) is 5.98. The summed E-state index contributed by atoms with van der Waals surface area (Å²) in [6.45, 7) is 1.24. The molecule has 2 fully saturated rings. The number of amides is 3. The Balaban J connectivity index is 1.62. The van der Waals surface area contributed by atoms with Crippen molar-refractivity contribution in [3.8, 4) is 5.75 Å². The third-order valence-electron chi connectivity index (χ3n) is 5.17. The molecule has 0 bridgehead atoms. The van der Waals surface area contributed by atoms with Crippen LogP contribution in [-0.2, 0) is 4.79 Å². The zero-order valence-corrected chi connectivity index (χ0v) is 15.2. The van der Waals surface area contributed by atoms with Crippen LogP contribution in [0.3, 0.4) is 0 Å². The largest absolute Gasteiger partial charge is 0.497 e. The number of carbonyl (C=O) groups excluding carboxylic acids is 2. The fourth-order valence-corrected chi connectivity index (χ4v) is 3.81. The summed E-state index contributed by atoms with van der Waals surface area (Å²) in [7, 11) is 1.59. The van der Waals surface area contributed by atoms with E-state index in [1.54, 1.807) is 12.0 Å². The molecule has 2 saturated heterocycles. The first kappa shape index (κ1) is 18.5. The van der Waals surface area contributed by atoms with Crippen molar-refractivity contribution in [2.45, 2.75) is 44.2 Å². The van der Waals surface area contributed by atoms with Crippen molar-refractivity contribution in [3.05, 3.63) is 24.3 Å². The van der Waals surface area contributed by atoms with Gasteiger partial charge in [0.25, 0.3) is 0 Å². The van der Waals surface area contributed by atoms with Gasteiger partial charge >= 0.3 is 6.03 Å². The summed E-state index contributed by atoms with van der Waals surface area (Å²) in [5.41, 5.74) is 0.780. The molecule has 7 heteroatoms. The highest BCUT2D eigenvalue weighted by Gasteiger charge is 2.34. The Hall–Kier alpha value is -2.28. The van der Waals surface area contributed by atoms with Gasteiger partial charge in [-0.2, -0.15) is 0 Å². The molecule has 1 aromatic carbocycles. The molecule has 142 valence electrons. The number of piperidine rings is 1. The Morgan fingerprint density at radius 2 is 2.23 bits per heavy atom. The topological polar surface area (TPSA) is 82.1 Å². The molecule has 0 aliphatic carbocycles. The van der Waals surface area contributed by atoms with Gasteiger partial charge in [0.15, 0.2) is 0 Å². The molecule has 2 aliphatic rings. The van der Waals surface area contributed by atoms with Crippen LogP contribution >= 0.6 is 0 Å². The van der Waals surface area contributed by atoms with E-state index in [0.717, 1.165) is 24.9 Å². The van der Waals surface area contributed by atoms with Crippen LogP contribution in [0.1, 0.15) is 32.1 Å². The molecule has 26 heavy (non-hydrogen) atoms. The zero-order chi connectivity index (χ0) is 18.5. The van der Waals surface area contributed by atoms with Gasteiger partial charge < -0.3 is 25.0 Å². The molecule has 7 nitrogen and oxygen atoms in total. The number of anilines is 1. The highest BCUT2D eigenvalue weighted by Crippen LogP contribution is 2.26. The van der Waals surface area contributed by atoms with Crippen LogP contribution < -0.4 is 15.0 Å². The second-order valence-electron chi connectivity index (χ2n) is 6.91. The normalized spacial score (nSPS) is 23.2. The lowest BCUT2D eigenvalue weighted by Crippen LogP contribution is -2.52. The maximum absolute atomic E-state index is 12.7. The zero-order valence-electron chi connectivity index (χ0n) is 15.2. The van der Waals surface area contributed by atoms with Crippen molar-refractivity contribution >= 4 is 17.6 Å². The maximum atomic E-state index is 12.7. The predicted molar refractivity (Wildman–Crippen MR) is 98.3 cm³/mol. The number of urea groups is 1.